The molecule has 4 atom stereocenters. The third-order valence-electron chi connectivity index (χ3n) is 19.4. The number of alkyl halides is 15. The van der Waals surface area contributed by atoms with E-state index in [1.807, 2.05) is 6.92 Å². The van der Waals surface area contributed by atoms with Gasteiger partial charge in [-0.2, -0.15) is 42.3 Å². The summed E-state index contributed by atoms with van der Waals surface area (Å²) in [5, 5.41) is 43.4. The number of aromatic nitrogens is 8. The molecule has 0 radical (unpaired) electrons. The Hall–Kier alpha value is -15.3. The van der Waals surface area contributed by atoms with E-state index in [4.69, 9.17) is 29.2 Å². The number of nitrogens with one attached hydrogen (secondary N) is 4. The minimum Gasteiger partial charge on any atom is -0.478 e. The van der Waals surface area contributed by atoms with E-state index in [1.54, 1.807) is 71.1 Å². The minimum atomic E-state index is -4.98. The summed E-state index contributed by atoms with van der Waals surface area (Å²) < 4.78 is 229. The third-order valence-corrected chi connectivity index (χ3v) is 19.4. The number of carbonyl (C=O) groups is 8. The zero-order valence-corrected chi connectivity index (χ0v) is 71.2. The number of halogens is 15. The first-order valence-corrected chi connectivity index (χ1v) is 39.1. The third kappa shape index (κ3) is 26.0. The Labute approximate surface area is 741 Å². The molecule has 8 aromatic carbocycles. The van der Waals surface area contributed by atoms with Gasteiger partial charge in [0.1, 0.15) is 62.4 Å². The Balaban J connectivity index is 0.000000198. The van der Waals surface area contributed by atoms with Crippen molar-refractivity contribution in [1.82, 2.24) is 60.4 Å². The lowest BCUT2D eigenvalue weighted by Gasteiger charge is -2.16. The number of carboxylic acids is 2. The number of carboxylic acid groups (broad SMARTS) is 2. The first-order chi connectivity index (χ1) is 62.2. The highest BCUT2D eigenvalue weighted by molar-refractivity contribution is 6.01. The smallest absolute Gasteiger partial charge is 0.436 e. The van der Waals surface area contributed by atoms with Gasteiger partial charge in [-0.25, -0.2) is 72.2 Å². The second kappa shape index (κ2) is 44.1. The summed E-state index contributed by atoms with van der Waals surface area (Å²) >= 11 is 0. The van der Waals surface area contributed by atoms with Crippen LogP contribution in [0.25, 0.3) is 0 Å². The van der Waals surface area contributed by atoms with Crippen molar-refractivity contribution in [3.05, 3.63) is 300 Å². The molecule has 42 heteroatoms. The zero-order chi connectivity index (χ0) is 97.2. The first kappa shape index (κ1) is 100. The molecule has 132 heavy (non-hydrogen) atoms. The van der Waals surface area contributed by atoms with Gasteiger partial charge < -0.3 is 55.2 Å². The molecule has 0 fully saturated rings. The number of aromatic carboxylic acids is 2. The first-order valence-electron chi connectivity index (χ1n) is 39.1. The molecular formula is C90H81F15N12O15. The molecule has 4 heterocycles. The van der Waals surface area contributed by atoms with E-state index in [0.717, 1.165) is 50.9 Å². The molecule has 12 rings (SSSR count). The van der Waals surface area contributed by atoms with Gasteiger partial charge in [-0.1, -0.05) is 115 Å². The molecule has 6 N–H and O–H groups in total. The van der Waals surface area contributed by atoms with E-state index >= 15 is 0 Å². The van der Waals surface area contributed by atoms with Crippen LogP contribution in [0.2, 0.25) is 0 Å². The van der Waals surface area contributed by atoms with Gasteiger partial charge in [-0.05, 0) is 144 Å². The number of rotatable bonds is 31. The number of aryl methyl sites for hydroxylation is 5. The summed E-state index contributed by atoms with van der Waals surface area (Å²) in [5.41, 5.74) is -1.80. The molecule has 4 aromatic heterocycles. The van der Waals surface area contributed by atoms with Crippen LogP contribution in [0.5, 0.6) is 52.3 Å². The molecule has 0 aliphatic heterocycles. The van der Waals surface area contributed by atoms with E-state index in [0.29, 0.717) is 33.5 Å². The van der Waals surface area contributed by atoms with E-state index < -0.39 is 144 Å². The summed E-state index contributed by atoms with van der Waals surface area (Å²) in [6.45, 7) is 8.00. The Morgan fingerprint density at radius 1 is 0.333 bits per heavy atom. The number of hydrogen-bond donors (Lipinski definition) is 6. The Morgan fingerprint density at radius 3 is 0.894 bits per heavy atom. The fourth-order valence-corrected chi connectivity index (χ4v) is 12.6. The maximum atomic E-state index is 13.6. The molecule has 696 valence electrons. The summed E-state index contributed by atoms with van der Waals surface area (Å²) in [7, 11) is 5.32. The SMILES string of the molecule is CC(=O)c1ccc([C@H](C)NC(=O)c2c(C(F)(F)F)nn(C)c2Oc2cccc(C(F)F)c2)cc1.CC(=O)c1ccc([C@H](C)NC(=O)c2c(C)nn(C)c2Oc2cccc(C(F)F)c2)cc1.C[C@H](NC(=O)c1c(C(F)F)nn(C)c1Oc1cccc(C(F)F)c1)c1ccc(C(=O)O)cc1.C[C@H](NC(=O)c1c(C(F)F)nn(C)c1Oc1cccc(OC(F)F)c1)c1ccc(C(=O)O)cc1. The predicted molar refractivity (Wildman–Crippen MR) is 443 cm³/mol. The van der Waals surface area contributed by atoms with E-state index in [9.17, 15) is 104 Å². The van der Waals surface area contributed by atoms with Gasteiger partial charge in [0, 0.05) is 62.1 Å². The molecule has 0 aliphatic rings. The van der Waals surface area contributed by atoms with Gasteiger partial charge >= 0.3 is 24.7 Å². The van der Waals surface area contributed by atoms with E-state index in [-0.39, 0.29) is 91.8 Å². The lowest BCUT2D eigenvalue weighted by atomic mass is 10.0. The molecule has 0 saturated carbocycles. The number of ether oxygens (including phenoxy) is 5. The number of hydrogen-bond acceptors (Lipinski definition) is 17. The van der Waals surface area contributed by atoms with Crippen LogP contribution in [0, 0.1) is 6.92 Å². The van der Waals surface area contributed by atoms with Gasteiger partial charge in [0.2, 0.25) is 23.5 Å². The molecule has 12 aromatic rings. The van der Waals surface area contributed by atoms with Crippen molar-refractivity contribution >= 4 is 47.1 Å². The van der Waals surface area contributed by atoms with Crippen LogP contribution in [0.3, 0.4) is 0 Å². The van der Waals surface area contributed by atoms with Gasteiger partial charge in [0.25, 0.3) is 55.8 Å². The van der Waals surface area contributed by atoms with Crippen molar-refractivity contribution in [2.24, 2.45) is 28.2 Å². The van der Waals surface area contributed by atoms with Crippen LogP contribution in [0.1, 0.15) is 242 Å². The largest absolute Gasteiger partial charge is 0.478 e. The average molecular weight is 1860 g/mol. The number of carbonyl (C=O) groups excluding carboxylic acids is 6. The lowest BCUT2D eigenvalue weighted by molar-refractivity contribution is -0.141. The topological polar surface area (TPSA) is 343 Å². The monoisotopic (exact) mass is 1850 g/mol. The molecule has 0 saturated heterocycles. The average Bonchev–Trinajstić information content (AvgIpc) is 1.65. The molecule has 0 spiro atoms. The Bertz CT molecular complexity index is 6130. The van der Waals surface area contributed by atoms with Crippen LogP contribution in [-0.2, 0) is 34.4 Å². The fraction of sp³-hybridized carbons (Fsp3) is 0.244. The van der Waals surface area contributed by atoms with Crippen LogP contribution >= 0.6 is 0 Å². The van der Waals surface area contributed by atoms with Crippen LogP contribution in [0.15, 0.2) is 194 Å². The summed E-state index contributed by atoms with van der Waals surface area (Å²) in [6.07, 6.45) is -19.4. The second-order valence-corrected chi connectivity index (χ2v) is 28.9. The Kier molecular flexibility index (Phi) is 33.6. The molecule has 4 amide bonds. The number of benzene rings is 8. The highest BCUT2D eigenvalue weighted by Crippen LogP contribution is 2.41. The quantitative estimate of drug-likeness (QED) is 0.0174. The molecule has 0 bridgehead atoms. The fourth-order valence-electron chi connectivity index (χ4n) is 12.6. The number of ketones is 2. The van der Waals surface area contributed by atoms with Crippen molar-refractivity contribution in [1.29, 1.82) is 0 Å². The Morgan fingerprint density at radius 2 is 0.598 bits per heavy atom. The summed E-state index contributed by atoms with van der Waals surface area (Å²) in [5.74, 6) is -7.26. The number of amides is 4. The van der Waals surface area contributed by atoms with E-state index in [2.05, 4.69) is 46.4 Å². The van der Waals surface area contributed by atoms with Gasteiger partial charge in [-0.3, -0.25) is 28.8 Å². The summed E-state index contributed by atoms with van der Waals surface area (Å²) in [4.78, 5) is 96.7. The maximum absolute atomic E-state index is 13.6. The van der Waals surface area contributed by atoms with Crippen LogP contribution in [0.4, 0.5) is 65.9 Å². The molecule has 0 aliphatic carbocycles. The van der Waals surface area contributed by atoms with Crippen molar-refractivity contribution < 1.29 is 138 Å². The van der Waals surface area contributed by atoms with Crippen LogP contribution in [-0.4, -0.2) is 103 Å². The molecule has 0 unspecified atom stereocenters. The highest BCUT2D eigenvalue weighted by Gasteiger charge is 2.43. The zero-order valence-electron chi connectivity index (χ0n) is 71.2. The highest BCUT2D eigenvalue weighted by atomic mass is 19.4. The molecule has 27 nitrogen and oxygen atoms in total. The number of nitrogens with zero attached hydrogens (tertiary/aromatic N) is 8. The second-order valence-electron chi connectivity index (χ2n) is 28.9. The van der Waals surface area contributed by atoms with Gasteiger partial charge in [0.15, 0.2) is 17.3 Å². The standard InChI is InChI=1S/C23H20F5N3O3.C23H23F2N3O3.C22H19F4N3O5.C22H19F4N3O4/c1-12(14-7-9-15(10-8-14)13(2)32)29-21(33)18-19(23(26,27)28)30-31(3)22(18)34-17-6-4-5-16(11-17)20(24)25;1-13(16-8-10-17(11-9-16)15(3)29)26-22(30)20-14(2)27-28(4)23(20)31-19-7-5-6-18(12-19)21(24)25;1-11(12-6-8-13(9-7-12)21(31)32)27-19(30)16-17(18(23)24)28-29(2)20(16)33-14-4-3-5-15(10-14)34-22(25)26;1-11(12-6-8-13(9-7-12)22(31)32)27-20(30)16-17(19(25)26)28-29(2)21(16)33-15-5-3-4-14(10-15)18(23)24/h4-12,20H,1-3H3,(H,29,33);5-13,21H,1-4H3,(H,26,30);3-11,18,22H,1-2H3,(H,27,30)(H,31,32);3-11,18-19H,1-2H3,(H,27,30)(H,31,32)/t12-;13-;2*11-/m0000/s1. The van der Waals surface area contributed by atoms with Crippen LogP contribution < -0.4 is 45.0 Å². The van der Waals surface area contributed by atoms with Crippen molar-refractivity contribution in [3.8, 4) is 52.3 Å². The minimum absolute atomic E-state index is 0.0353. The summed E-state index contributed by atoms with van der Waals surface area (Å²) in [6, 6.07) is 42.2. The maximum Gasteiger partial charge on any atom is 0.436 e. The number of Topliss-reactive ketones (excluding diaryl/α,β-unsaturated/α-hetero) is 2. The predicted octanol–water partition coefficient (Wildman–Crippen LogP) is 21.2. The van der Waals surface area contributed by atoms with E-state index in [1.165, 1.54) is 166 Å². The van der Waals surface area contributed by atoms with Crippen molar-refractivity contribution in [2.45, 2.75) is 118 Å². The van der Waals surface area contributed by atoms with Crippen molar-refractivity contribution in [2.75, 3.05) is 0 Å². The van der Waals surface area contributed by atoms with Gasteiger partial charge in [0.05, 0.1) is 41.0 Å². The van der Waals surface area contributed by atoms with Crippen molar-refractivity contribution in [3.63, 3.8) is 0 Å². The normalized spacial score (nSPS) is 12.2. The lowest BCUT2D eigenvalue weighted by Crippen LogP contribution is -2.28. The molecular weight excluding hydrogens is 1770 g/mol. The van der Waals surface area contributed by atoms with Gasteiger partial charge in [-0.15, -0.1) is 0 Å².